The van der Waals surface area contributed by atoms with Crippen molar-refractivity contribution in [1.82, 2.24) is 15.3 Å². The first-order valence-electron chi connectivity index (χ1n) is 12.1. The first-order chi connectivity index (χ1) is 18.0. The number of anilines is 1. The van der Waals surface area contributed by atoms with Gasteiger partial charge in [-0.05, 0) is 48.9 Å². The average Bonchev–Trinajstić information content (AvgIpc) is 3.34. The molecule has 5 rings (SSSR count). The second kappa shape index (κ2) is 11.9. The van der Waals surface area contributed by atoms with Crippen LogP contribution in [0.1, 0.15) is 27.6 Å². The minimum Gasteiger partial charge on any atom is -0.496 e. The number of benzene rings is 3. The van der Waals surface area contributed by atoms with Crippen LogP contribution >= 0.6 is 45.8 Å². The number of nitrogens with zero attached hydrogens (tertiary/aromatic N) is 1. The van der Waals surface area contributed by atoms with E-state index in [1.807, 2.05) is 42.5 Å². The molecule has 0 saturated heterocycles. The standard InChI is InChI=1S/C29H27Cl2IN4O/c1-37-26-17-27(36-23-11-6-5-10-20(23)26)33-12-7-13-34-29(28(32)18-8-3-2-4-9-18)25-16-21-22(31)14-19(30)15-24(21)35-25/h2-6,8-11,14-17,28-29,34-35H,7,12-13H2,1H3,(H,33,36). The Morgan fingerprint density at radius 3 is 2.54 bits per heavy atom. The minimum absolute atomic E-state index is 0.0594. The zero-order valence-corrected chi connectivity index (χ0v) is 23.9. The number of para-hydroxylation sites is 1. The van der Waals surface area contributed by atoms with Gasteiger partial charge in [0, 0.05) is 39.6 Å². The molecule has 190 valence electrons. The topological polar surface area (TPSA) is 62.0 Å². The molecule has 3 aromatic carbocycles. The molecule has 5 aromatic rings. The Kier molecular flexibility index (Phi) is 8.39. The lowest BCUT2D eigenvalue weighted by molar-refractivity contribution is 0.419. The van der Waals surface area contributed by atoms with Gasteiger partial charge in [0.25, 0.3) is 0 Å². The van der Waals surface area contributed by atoms with E-state index in [9.17, 15) is 0 Å². The van der Waals surface area contributed by atoms with Crippen molar-refractivity contribution in [3.63, 3.8) is 0 Å². The lowest BCUT2D eigenvalue weighted by Crippen LogP contribution is -2.27. The van der Waals surface area contributed by atoms with Crippen LogP contribution in [-0.4, -0.2) is 30.2 Å². The van der Waals surface area contributed by atoms with Crippen LogP contribution in [0.15, 0.2) is 78.9 Å². The van der Waals surface area contributed by atoms with Gasteiger partial charge in [0.05, 0.1) is 27.6 Å². The Hall–Kier alpha value is -2.52. The number of fused-ring (bicyclic) bond motifs is 2. The molecule has 0 spiro atoms. The highest BCUT2D eigenvalue weighted by Crippen LogP contribution is 2.39. The fourth-order valence-electron chi connectivity index (χ4n) is 4.52. The molecule has 0 amide bonds. The van der Waals surface area contributed by atoms with E-state index in [1.54, 1.807) is 13.2 Å². The van der Waals surface area contributed by atoms with Crippen LogP contribution in [0.25, 0.3) is 21.8 Å². The van der Waals surface area contributed by atoms with Gasteiger partial charge in [-0.2, -0.15) is 0 Å². The van der Waals surface area contributed by atoms with E-state index >= 15 is 0 Å². The average molecular weight is 645 g/mol. The van der Waals surface area contributed by atoms with Crippen molar-refractivity contribution in [3.8, 4) is 5.75 Å². The van der Waals surface area contributed by atoms with E-state index in [0.717, 1.165) is 58.6 Å². The van der Waals surface area contributed by atoms with Crippen LogP contribution in [0, 0.1) is 0 Å². The van der Waals surface area contributed by atoms with Crippen LogP contribution in [0.2, 0.25) is 10.0 Å². The van der Waals surface area contributed by atoms with Gasteiger partial charge in [-0.25, -0.2) is 4.98 Å². The summed E-state index contributed by atoms with van der Waals surface area (Å²) < 4.78 is 5.78. The number of H-pyrrole nitrogens is 1. The SMILES string of the molecule is COc1cc(NCCCNC(c2cc3c(Cl)cc(Cl)cc3[nH]2)C(I)c2ccccc2)nc2ccccc12. The molecule has 0 fully saturated rings. The van der Waals surface area contributed by atoms with Crippen molar-refractivity contribution < 1.29 is 4.74 Å². The number of hydrogen-bond acceptors (Lipinski definition) is 4. The van der Waals surface area contributed by atoms with E-state index in [0.29, 0.717) is 10.0 Å². The molecule has 0 radical (unpaired) electrons. The third kappa shape index (κ3) is 5.98. The molecule has 2 unspecified atom stereocenters. The maximum absolute atomic E-state index is 6.49. The van der Waals surface area contributed by atoms with Crippen LogP contribution in [-0.2, 0) is 0 Å². The van der Waals surface area contributed by atoms with Crippen molar-refractivity contribution in [2.45, 2.75) is 16.4 Å². The van der Waals surface area contributed by atoms with Crippen molar-refractivity contribution in [3.05, 3.63) is 100 Å². The maximum Gasteiger partial charge on any atom is 0.131 e. The highest BCUT2D eigenvalue weighted by Gasteiger charge is 2.24. The number of alkyl halides is 1. The number of aromatic amines is 1. The van der Waals surface area contributed by atoms with Gasteiger partial charge in [0.15, 0.2) is 0 Å². The summed E-state index contributed by atoms with van der Waals surface area (Å²) in [7, 11) is 1.69. The second-order valence-corrected chi connectivity index (χ2v) is 11.0. The molecule has 0 bridgehead atoms. The van der Waals surface area contributed by atoms with Gasteiger partial charge in [0.2, 0.25) is 0 Å². The molecule has 0 saturated carbocycles. The number of ether oxygens (including phenoxy) is 1. The molecule has 2 atom stereocenters. The zero-order valence-electron chi connectivity index (χ0n) is 20.3. The van der Waals surface area contributed by atoms with Gasteiger partial charge < -0.3 is 20.4 Å². The number of halogens is 3. The summed E-state index contributed by atoms with van der Waals surface area (Å²) in [6.07, 6.45) is 0.915. The van der Waals surface area contributed by atoms with E-state index in [-0.39, 0.29) is 9.97 Å². The van der Waals surface area contributed by atoms with E-state index in [1.165, 1.54) is 5.56 Å². The zero-order chi connectivity index (χ0) is 25.8. The van der Waals surface area contributed by atoms with Crippen LogP contribution < -0.4 is 15.4 Å². The molecule has 2 aromatic heterocycles. The smallest absolute Gasteiger partial charge is 0.131 e. The van der Waals surface area contributed by atoms with Crippen LogP contribution in [0.5, 0.6) is 5.75 Å². The number of aromatic nitrogens is 2. The van der Waals surface area contributed by atoms with E-state index < -0.39 is 0 Å². The second-order valence-electron chi connectivity index (χ2n) is 8.83. The quantitative estimate of drug-likeness (QED) is 0.0812. The molecule has 0 aliphatic heterocycles. The van der Waals surface area contributed by atoms with Crippen molar-refractivity contribution >= 4 is 73.4 Å². The third-order valence-corrected chi connectivity index (χ3v) is 8.31. The lowest BCUT2D eigenvalue weighted by Gasteiger charge is -2.24. The summed E-state index contributed by atoms with van der Waals surface area (Å²) in [5.41, 5.74) is 4.19. The number of rotatable bonds is 10. The Bertz CT molecular complexity index is 1510. The van der Waals surface area contributed by atoms with E-state index in [4.69, 9.17) is 32.9 Å². The maximum atomic E-state index is 6.49. The van der Waals surface area contributed by atoms with Crippen LogP contribution in [0.3, 0.4) is 0 Å². The first-order valence-corrected chi connectivity index (χ1v) is 14.1. The Balaban J connectivity index is 1.29. The van der Waals surface area contributed by atoms with Gasteiger partial charge in [-0.15, -0.1) is 0 Å². The molecular weight excluding hydrogens is 618 g/mol. The predicted octanol–water partition coefficient (Wildman–Crippen LogP) is 8.34. The van der Waals surface area contributed by atoms with Gasteiger partial charge in [-0.1, -0.05) is 88.3 Å². The molecule has 5 nitrogen and oxygen atoms in total. The fourth-order valence-corrected chi connectivity index (χ4v) is 6.12. The monoisotopic (exact) mass is 644 g/mol. The van der Waals surface area contributed by atoms with Gasteiger partial charge in [-0.3, -0.25) is 0 Å². The van der Waals surface area contributed by atoms with Crippen molar-refractivity contribution in [1.29, 1.82) is 0 Å². The highest BCUT2D eigenvalue weighted by atomic mass is 127. The Morgan fingerprint density at radius 1 is 0.946 bits per heavy atom. The van der Waals surface area contributed by atoms with Gasteiger partial charge >= 0.3 is 0 Å². The fraction of sp³-hybridized carbons (Fsp3) is 0.207. The lowest BCUT2D eigenvalue weighted by atomic mass is 10.0. The molecule has 37 heavy (non-hydrogen) atoms. The molecule has 8 heteroatoms. The van der Waals surface area contributed by atoms with Crippen molar-refractivity contribution in [2.24, 2.45) is 0 Å². The van der Waals surface area contributed by atoms with Crippen molar-refractivity contribution in [2.75, 3.05) is 25.5 Å². The molecule has 2 heterocycles. The molecule has 3 N–H and O–H groups in total. The predicted molar refractivity (Wildman–Crippen MR) is 164 cm³/mol. The normalized spacial score (nSPS) is 13.1. The number of hydrogen-bond donors (Lipinski definition) is 3. The summed E-state index contributed by atoms with van der Waals surface area (Å²) in [5, 5.41) is 10.5. The summed E-state index contributed by atoms with van der Waals surface area (Å²) in [5.74, 6) is 1.63. The number of nitrogens with one attached hydrogen (secondary N) is 3. The first kappa shape index (κ1) is 26.1. The summed E-state index contributed by atoms with van der Waals surface area (Å²) in [6, 6.07) is 26.4. The number of pyridine rings is 1. The molecule has 0 aliphatic carbocycles. The third-order valence-electron chi connectivity index (χ3n) is 6.34. The van der Waals surface area contributed by atoms with E-state index in [2.05, 4.69) is 68.5 Å². The largest absolute Gasteiger partial charge is 0.496 e. The summed E-state index contributed by atoms with van der Waals surface area (Å²) >= 11 is 15.3. The highest BCUT2D eigenvalue weighted by molar-refractivity contribution is 14.1. The van der Waals surface area contributed by atoms with Gasteiger partial charge in [0.1, 0.15) is 11.6 Å². The Labute approximate surface area is 240 Å². The number of methoxy groups -OCH3 is 1. The Morgan fingerprint density at radius 2 is 1.73 bits per heavy atom. The van der Waals surface area contributed by atoms with Crippen LogP contribution in [0.4, 0.5) is 5.82 Å². The summed E-state index contributed by atoms with van der Waals surface area (Å²) in [4.78, 5) is 8.28. The minimum atomic E-state index is 0.0594. The molecular formula is C29H27Cl2IN4O. The summed E-state index contributed by atoms with van der Waals surface area (Å²) in [6.45, 7) is 1.60. The molecule has 0 aliphatic rings.